The van der Waals surface area contributed by atoms with Gasteiger partial charge in [-0.2, -0.15) is 4.98 Å². The first-order valence-corrected chi connectivity index (χ1v) is 14.5. The lowest BCUT2D eigenvalue weighted by Crippen LogP contribution is -2.54. The van der Waals surface area contributed by atoms with Gasteiger partial charge in [-0.1, -0.05) is 18.7 Å². The monoisotopic (exact) mass is 578 g/mol. The number of fused-ring (bicyclic) bond motifs is 1. The molecule has 3 aromatic heterocycles. The number of aryl methyl sites for hydroxylation is 1. The van der Waals surface area contributed by atoms with Crippen LogP contribution in [0.2, 0.25) is 0 Å². The second kappa shape index (κ2) is 10.4. The molecule has 4 aromatic rings. The van der Waals surface area contributed by atoms with Crippen molar-refractivity contribution in [3.05, 3.63) is 71.3 Å². The average molecular weight is 579 g/mol. The number of carbonyl (C=O) groups excluding carboxylic acids is 1. The Labute approximate surface area is 234 Å². The smallest absolute Gasteiger partial charge is 0.355 e. The van der Waals surface area contributed by atoms with E-state index in [0.29, 0.717) is 25.2 Å². The van der Waals surface area contributed by atoms with E-state index in [9.17, 15) is 18.0 Å². The fraction of sp³-hybridized carbons (Fsp3) is 0.259. The Bertz CT molecular complexity index is 1890. The van der Waals surface area contributed by atoms with Gasteiger partial charge in [-0.05, 0) is 37.6 Å². The number of anilines is 2. The third kappa shape index (κ3) is 4.90. The molecule has 0 bridgehead atoms. The van der Waals surface area contributed by atoms with Crippen molar-refractivity contribution < 1.29 is 17.6 Å². The highest BCUT2D eigenvalue weighted by molar-refractivity contribution is 7.90. The minimum atomic E-state index is -3.81. The number of sulfone groups is 1. The largest absolute Gasteiger partial charge is 0.396 e. The van der Waals surface area contributed by atoms with Crippen LogP contribution in [-0.4, -0.2) is 75.7 Å². The SMILES string of the molecule is C=CC(=O)N1CCN(c2nc(=O)n(-c3c(C)cccc3S(C)(=O)=O)c3nc(-c4ncncc4N)c(F)cc23)[C@@H](C)C1. The third-order valence-corrected chi connectivity index (χ3v) is 8.10. The number of rotatable bonds is 5. The van der Waals surface area contributed by atoms with Crippen molar-refractivity contribution in [2.24, 2.45) is 0 Å². The van der Waals surface area contributed by atoms with Gasteiger partial charge >= 0.3 is 5.69 Å². The van der Waals surface area contributed by atoms with Crippen LogP contribution in [0.25, 0.3) is 28.1 Å². The van der Waals surface area contributed by atoms with Gasteiger partial charge < -0.3 is 15.5 Å². The highest BCUT2D eigenvalue weighted by atomic mass is 32.2. The van der Waals surface area contributed by atoms with Crippen molar-refractivity contribution in [2.45, 2.75) is 24.8 Å². The molecule has 0 radical (unpaired) electrons. The molecule has 2 N–H and O–H groups in total. The summed E-state index contributed by atoms with van der Waals surface area (Å²) in [6.45, 7) is 7.98. The van der Waals surface area contributed by atoms with Gasteiger partial charge in [0.2, 0.25) is 5.91 Å². The molecule has 1 aromatic carbocycles. The summed E-state index contributed by atoms with van der Waals surface area (Å²) in [6, 6.07) is 5.49. The zero-order valence-corrected chi connectivity index (χ0v) is 23.4. The van der Waals surface area contributed by atoms with Crippen LogP contribution in [0.4, 0.5) is 15.9 Å². The molecule has 1 fully saturated rings. The molecule has 0 spiro atoms. The second-order valence-corrected chi connectivity index (χ2v) is 11.8. The molecule has 0 aliphatic carbocycles. The topological polar surface area (TPSA) is 157 Å². The third-order valence-electron chi connectivity index (χ3n) is 6.98. The second-order valence-electron chi connectivity index (χ2n) is 9.79. The van der Waals surface area contributed by atoms with E-state index in [1.54, 1.807) is 28.9 Å². The van der Waals surface area contributed by atoms with Gasteiger partial charge in [-0.25, -0.2) is 37.1 Å². The van der Waals surface area contributed by atoms with E-state index in [1.807, 2.05) is 6.92 Å². The maximum absolute atomic E-state index is 15.8. The van der Waals surface area contributed by atoms with Crippen molar-refractivity contribution in [3.63, 3.8) is 0 Å². The Morgan fingerprint density at radius 3 is 2.63 bits per heavy atom. The molecule has 0 saturated carbocycles. The molecular weight excluding hydrogens is 551 g/mol. The maximum atomic E-state index is 15.8. The lowest BCUT2D eigenvalue weighted by atomic mass is 10.1. The molecule has 1 aliphatic rings. The standard InChI is InChI=1S/C27H27FN8O4S/c1-5-21(37)34-9-10-35(16(3)13-34)25-17-11-18(28)22(23-19(29)12-30-14-31-23)32-26(17)36(27(38)33-25)24-15(2)7-6-8-20(24)41(4,39)40/h5-8,11-12,14,16H,1,9-10,13,29H2,2-4H3/t16-/m0/s1. The number of piperazine rings is 1. The molecule has 212 valence electrons. The van der Waals surface area contributed by atoms with Crippen molar-refractivity contribution in [2.75, 3.05) is 36.5 Å². The Morgan fingerprint density at radius 2 is 1.98 bits per heavy atom. The van der Waals surface area contributed by atoms with E-state index in [4.69, 9.17) is 5.73 Å². The maximum Gasteiger partial charge on any atom is 0.355 e. The number of nitrogen functional groups attached to an aromatic ring is 1. The van der Waals surface area contributed by atoms with Gasteiger partial charge in [0.05, 0.1) is 27.9 Å². The first kappa shape index (κ1) is 27.8. The minimum Gasteiger partial charge on any atom is -0.396 e. The van der Waals surface area contributed by atoms with Crippen LogP contribution >= 0.6 is 0 Å². The van der Waals surface area contributed by atoms with Crippen LogP contribution < -0.4 is 16.3 Å². The summed E-state index contributed by atoms with van der Waals surface area (Å²) in [5.74, 6) is -0.850. The molecule has 1 aliphatic heterocycles. The van der Waals surface area contributed by atoms with Crippen molar-refractivity contribution in [1.82, 2.24) is 29.4 Å². The first-order chi connectivity index (χ1) is 19.4. The number of amides is 1. The number of carbonyl (C=O) groups is 1. The number of nitrogens with zero attached hydrogens (tertiary/aromatic N) is 7. The van der Waals surface area contributed by atoms with Crippen LogP contribution in [-0.2, 0) is 14.6 Å². The number of benzene rings is 1. The van der Waals surface area contributed by atoms with Gasteiger partial charge in [-0.15, -0.1) is 0 Å². The molecule has 4 heterocycles. The molecule has 14 heteroatoms. The predicted molar refractivity (Wildman–Crippen MR) is 152 cm³/mol. The lowest BCUT2D eigenvalue weighted by Gasteiger charge is -2.40. The Kier molecular flexibility index (Phi) is 7.03. The van der Waals surface area contributed by atoms with E-state index in [2.05, 4.69) is 26.5 Å². The van der Waals surface area contributed by atoms with Crippen molar-refractivity contribution in [1.29, 1.82) is 0 Å². The number of para-hydroxylation sites is 1. The number of nitrogens with two attached hydrogens (primary N) is 1. The fourth-order valence-electron chi connectivity index (χ4n) is 5.05. The van der Waals surface area contributed by atoms with Crippen LogP contribution in [0.5, 0.6) is 0 Å². The van der Waals surface area contributed by atoms with E-state index >= 15 is 4.39 Å². The number of aromatic nitrogens is 5. The summed E-state index contributed by atoms with van der Waals surface area (Å²) in [4.78, 5) is 46.1. The van der Waals surface area contributed by atoms with E-state index < -0.39 is 21.3 Å². The zero-order valence-electron chi connectivity index (χ0n) is 22.6. The summed E-state index contributed by atoms with van der Waals surface area (Å²) in [7, 11) is -3.81. The Hall–Kier alpha value is -4.72. The van der Waals surface area contributed by atoms with Crippen molar-refractivity contribution >= 4 is 38.3 Å². The number of halogens is 1. The van der Waals surface area contributed by atoms with E-state index in [0.717, 1.165) is 10.8 Å². The Morgan fingerprint density at radius 1 is 1.22 bits per heavy atom. The molecule has 41 heavy (non-hydrogen) atoms. The average Bonchev–Trinajstić information content (AvgIpc) is 2.92. The minimum absolute atomic E-state index is 0.00908. The lowest BCUT2D eigenvalue weighted by molar-refractivity contribution is -0.126. The normalized spacial score (nSPS) is 15.8. The van der Waals surface area contributed by atoms with Crippen LogP contribution in [0.1, 0.15) is 12.5 Å². The highest BCUT2D eigenvalue weighted by Gasteiger charge is 2.31. The summed E-state index contributed by atoms with van der Waals surface area (Å²) in [6.07, 6.45) is 4.76. The van der Waals surface area contributed by atoms with Gasteiger partial charge in [0, 0.05) is 31.9 Å². The predicted octanol–water partition coefficient (Wildman–Crippen LogP) is 1.89. The molecular formula is C27H27FN8O4S. The molecule has 12 nitrogen and oxygen atoms in total. The summed E-state index contributed by atoms with van der Waals surface area (Å²) in [5.41, 5.74) is 5.52. The quantitative estimate of drug-likeness (QED) is 0.347. The number of hydrogen-bond donors (Lipinski definition) is 1. The number of hydrogen-bond acceptors (Lipinski definition) is 10. The Balaban J connectivity index is 1.84. The van der Waals surface area contributed by atoms with E-state index in [-0.39, 0.29) is 56.5 Å². The first-order valence-electron chi connectivity index (χ1n) is 12.6. The van der Waals surface area contributed by atoms with Gasteiger partial charge in [0.1, 0.15) is 23.5 Å². The van der Waals surface area contributed by atoms with Crippen LogP contribution in [0, 0.1) is 12.7 Å². The van der Waals surface area contributed by atoms with Crippen LogP contribution in [0.3, 0.4) is 0 Å². The summed E-state index contributed by atoms with van der Waals surface area (Å²) < 4.78 is 42.4. The van der Waals surface area contributed by atoms with Gasteiger partial charge in [0.25, 0.3) is 0 Å². The number of pyridine rings is 1. The zero-order chi connectivity index (χ0) is 29.6. The van der Waals surface area contributed by atoms with Gasteiger partial charge in [-0.3, -0.25) is 4.79 Å². The summed E-state index contributed by atoms with van der Waals surface area (Å²) in [5, 5.41) is 0.163. The summed E-state index contributed by atoms with van der Waals surface area (Å²) >= 11 is 0. The highest BCUT2D eigenvalue weighted by Crippen LogP contribution is 2.33. The van der Waals surface area contributed by atoms with Crippen LogP contribution in [0.15, 0.2) is 59.1 Å². The molecule has 0 unspecified atom stereocenters. The molecule has 5 rings (SSSR count). The van der Waals surface area contributed by atoms with Gasteiger partial charge in [0.15, 0.2) is 21.3 Å². The molecule has 1 saturated heterocycles. The molecule has 1 atom stereocenters. The molecule has 1 amide bonds. The van der Waals surface area contributed by atoms with E-state index in [1.165, 1.54) is 30.7 Å². The fourth-order valence-corrected chi connectivity index (χ4v) is 5.98. The van der Waals surface area contributed by atoms with Crippen molar-refractivity contribution in [3.8, 4) is 17.1 Å².